The highest BCUT2D eigenvalue weighted by molar-refractivity contribution is 5.27. The van der Waals surface area contributed by atoms with Gasteiger partial charge in [-0.3, -0.25) is 4.98 Å². The first-order valence-corrected chi connectivity index (χ1v) is 7.07. The minimum atomic E-state index is 0.492. The van der Waals surface area contributed by atoms with Crippen molar-refractivity contribution >= 4 is 0 Å². The summed E-state index contributed by atoms with van der Waals surface area (Å²) in [4.78, 5) is 4.28. The van der Waals surface area contributed by atoms with Crippen molar-refractivity contribution in [2.24, 2.45) is 0 Å². The summed E-state index contributed by atoms with van der Waals surface area (Å²) in [5.41, 5.74) is 2.39. The minimum absolute atomic E-state index is 0.492. The number of likely N-dealkylation sites (N-methyl/N-ethyl adjacent to an activating group) is 1. The van der Waals surface area contributed by atoms with Gasteiger partial charge >= 0.3 is 0 Å². The molecule has 3 nitrogen and oxygen atoms in total. The van der Waals surface area contributed by atoms with Crippen LogP contribution in [-0.2, 0) is 12.8 Å². The molecule has 1 heterocycles. The van der Waals surface area contributed by atoms with Crippen LogP contribution in [0, 0.1) is 0 Å². The summed E-state index contributed by atoms with van der Waals surface area (Å²) >= 11 is 0. The summed E-state index contributed by atoms with van der Waals surface area (Å²) in [5.74, 6) is 0.918. The van der Waals surface area contributed by atoms with Gasteiger partial charge in [-0.1, -0.05) is 18.2 Å². The van der Waals surface area contributed by atoms with Crippen molar-refractivity contribution in [3.63, 3.8) is 0 Å². The summed E-state index contributed by atoms with van der Waals surface area (Å²) in [5, 5.41) is 3.24. The predicted octanol–water partition coefficient (Wildman–Crippen LogP) is 2.85. The van der Waals surface area contributed by atoms with E-state index in [1.807, 2.05) is 43.6 Å². The van der Waals surface area contributed by atoms with Crippen LogP contribution in [0.1, 0.15) is 18.2 Å². The number of rotatable bonds is 7. The Morgan fingerprint density at radius 3 is 2.60 bits per heavy atom. The molecule has 0 radical (unpaired) electrons. The molecule has 1 aromatic heterocycles. The monoisotopic (exact) mass is 270 g/mol. The Morgan fingerprint density at radius 2 is 1.95 bits per heavy atom. The molecule has 0 aliphatic heterocycles. The lowest BCUT2D eigenvalue weighted by Crippen LogP contribution is -2.23. The van der Waals surface area contributed by atoms with Crippen LogP contribution in [0.4, 0.5) is 0 Å². The molecular formula is C17H22N2O. The number of aromatic nitrogens is 1. The van der Waals surface area contributed by atoms with Crippen LogP contribution < -0.4 is 10.1 Å². The second-order valence-electron chi connectivity index (χ2n) is 4.96. The second kappa shape index (κ2) is 7.65. The van der Waals surface area contributed by atoms with Crippen LogP contribution in [-0.4, -0.2) is 24.7 Å². The molecule has 1 unspecified atom stereocenters. The lowest BCUT2D eigenvalue weighted by molar-refractivity contribution is 0.320. The lowest BCUT2D eigenvalue weighted by Gasteiger charge is -2.11. The SMILES string of the molecule is CNC(C)Cc1ccc(OCCc2ccccn2)cc1. The normalized spacial score (nSPS) is 12.1. The number of ether oxygens (including phenoxy) is 1. The topological polar surface area (TPSA) is 34.1 Å². The molecule has 1 atom stereocenters. The van der Waals surface area contributed by atoms with Crippen molar-refractivity contribution in [1.82, 2.24) is 10.3 Å². The van der Waals surface area contributed by atoms with Gasteiger partial charge in [-0.15, -0.1) is 0 Å². The van der Waals surface area contributed by atoms with Crippen LogP contribution in [0.3, 0.4) is 0 Å². The van der Waals surface area contributed by atoms with Crippen LogP contribution in [0.25, 0.3) is 0 Å². The molecule has 0 fully saturated rings. The second-order valence-corrected chi connectivity index (χ2v) is 4.96. The summed E-state index contributed by atoms with van der Waals surface area (Å²) in [7, 11) is 1.99. The van der Waals surface area contributed by atoms with E-state index >= 15 is 0 Å². The van der Waals surface area contributed by atoms with E-state index in [2.05, 4.69) is 29.4 Å². The maximum Gasteiger partial charge on any atom is 0.119 e. The van der Waals surface area contributed by atoms with E-state index in [-0.39, 0.29) is 0 Å². The molecule has 1 N–H and O–H groups in total. The minimum Gasteiger partial charge on any atom is -0.493 e. The van der Waals surface area contributed by atoms with E-state index in [0.717, 1.165) is 24.3 Å². The number of pyridine rings is 1. The van der Waals surface area contributed by atoms with E-state index < -0.39 is 0 Å². The fraction of sp³-hybridized carbons (Fsp3) is 0.353. The average molecular weight is 270 g/mol. The van der Waals surface area contributed by atoms with Gasteiger partial charge in [0.05, 0.1) is 6.61 Å². The number of hydrogen-bond acceptors (Lipinski definition) is 3. The Morgan fingerprint density at radius 1 is 1.15 bits per heavy atom. The standard InChI is InChI=1S/C17H22N2O/c1-14(18-2)13-15-6-8-17(9-7-15)20-12-10-16-5-3-4-11-19-16/h3-9,11,14,18H,10,12-13H2,1-2H3. The van der Waals surface area contributed by atoms with Gasteiger partial charge in [0.2, 0.25) is 0 Å². The Bertz CT molecular complexity index is 496. The van der Waals surface area contributed by atoms with Crippen LogP contribution in [0.2, 0.25) is 0 Å². The molecule has 2 aromatic rings. The Balaban J connectivity index is 1.79. The molecule has 0 saturated carbocycles. The molecule has 0 saturated heterocycles. The van der Waals surface area contributed by atoms with E-state index in [0.29, 0.717) is 12.6 Å². The first kappa shape index (κ1) is 14.5. The maximum absolute atomic E-state index is 5.74. The van der Waals surface area contributed by atoms with Crippen LogP contribution in [0.5, 0.6) is 5.75 Å². The van der Waals surface area contributed by atoms with Gasteiger partial charge in [0.1, 0.15) is 5.75 Å². The molecule has 0 amide bonds. The van der Waals surface area contributed by atoms with Crippen molar-refractivity contribution in [1.29, 1.82) is 0 Å². The van der Waals surface area contributed by atoms with Crippen molar-refractivity contribution in [3.8, 4) is 5.75 Å². The van der Waals surface area contributed by atoms with Crippen molar-refractivity contribution in [2.45, 2.75) is 25.8 Å². The molecule has 1 aromatic carbocycles. The van der Waals surface area contributed by atoms with Crippen molar-refractivity contribution < 1.29 is 4.74 Å². The highest BCUT2D eigenvalue weighted by Gasteiger charge is 2.01. The van der Waals surface area contributed by atoms with Gasteiger partial charge in [-0.2, -0.15) is 0 Å². The summed E-state index contributed by atoms with van der Waals surface area (Å²) in [6, 6.07) is 14.8. The third kappa shape index (κ3) is 4.67. The number of benzene rings is 1. The first-order chi connectivity index (χ1) is 9.78. The zero-order valence-corrected chi connectivity index (χ0v) is 12.2. The van der Waals surface area contributed by atoms with Gasteiger partial charge in [0.15, 0.2) is 0 Å². The summed E-state index contributed by atoms with van der Waals surface area (Å²) < 4.78 is 5.74. The number of nitrogens with zero attached hydrogens (tertiary/aromatic N) is 1. The Kier molecular flexibility index (Phi) is 5.56. The summed E-state index contributed by atoms with van der Waals surface area (Å²) in [6.07, 6.45) is 3.68. The lowest BCUT2D eigenvalue weighted by atomic mass is 10.1. The predicted molar refractivity (Wildman–Crippen MR) is 82.1 cm³/mol. The molecule has 20 heavy (non-hydrogen) atoms. The molecule has 0 bridgehead atoms. The fourth-order valence-electron chi connectivity index (χ4n) is 2.00. The number of hydrogen-bond donors (Lipinski definition) is 1. The highest BCUT2D eigenvalue weighted by Crippen LogP contribution is 2.13. The molecule has 0 aliphatic carbocycles. The van der Waals surface area contributed by atoms with Gasteiger partial charge in [0, 0.05) is 24.4 Å². The Labute approximate surface area is 121 Å². The highest BCUT2D eigenvalue weighted by atomic mass is 16.5. The van der Waals surface area contributed by atoms with Crippen LogP contribution in [0.15, 0.2) is 48.7 Å². The number of nitrogens with one attached hydrogen (secondary N) is 1. The third-order valence-corrected chi connectivity index (χ3v) is 3.31. The third-order valence-electron chi connectivity index (χ3n) is 3.31. The van der Waals surface area contributed by atoms with Gasteiger partial charge < -0.3 is 10.1 Å². The molecular weight excluding hydrogens is 248 g/mol. The van der Waals surface area contributed by atoms with E-state index in [1.54, 1.807) is 0 Å². The molecule has 0 aliphatic rings. The van der Waals surface area contributed by atoms with Gasteiger partial charge in [-0.05, 0) is 50.2 Å². The zero-order chi connectivity index (χ0) is 14.2. The fourth-order valence-corrected chi connectivity index (χ4v) is 2.00. The summed E-state index contributed by atoms with van der Waals surface area (Å²) in [6.45, 7) is 2.83. The van der Waals surface area contributed by atoms with E-state index in [9.17, 15) is 0 Å². The maximum atomic E-state index is 5.74. The smallest absolute Gasteiger partial charge is 0.119 e. The quantitative estimate of drug-likeness (QED) is 0.840. The molecule has 2 rings (SSSR count). The van der Waals surface area contributed by atoms with E-state index in [1.165, 1.54) is 5.56 Å². The van der Waals surface area contributed by atoms with Gasteiger partial charge in [0.25, 0.3) is 0 Å². The molecule has 106 valence electrons. The van der Waals surface area contributed by atoms with Crippen molar-refractivity contribution in [2.75, 3.05) is 13.7 Å². The van der Waals surface area contributed by atoms with Gasteiger partial charge in [-0.25, -0.2) is 0 Å². The molecule has 3 heteroatoms. The average Bonchev–Trinajstić information content (AvgIpc) is 2.50. The Hall–Kier alpha value is -1.87. The van der Waals surface area contributed by atoms with Crippen molar-refractivity contribution in [3.05, 3.63) is 59.9 Å². The largest absolute Gasteiger partial charge is 0.493 e. The van der Waals surface area contributed by atoms with E-state index in [4.69, 9.17) is 4.74 Å². The zero-order valence-electron chi connectivity index (χ0n) is 12.2. The molecule has 0 spiro atoms. The first-order valence-electron chi connectivity index (χ1n) is 7.07. The van der Waals surface area contributed by atoms with Crippen LogP contribution >= 0.6 is 0 Å².